The van der Waals surface area contributed by atoms with Crippen molar-refractivity contribution >= 4 is 39.0 Å². The van der Waals surface area contributed by atoms with Gasteiger partial charge in [0.1, 0.15) is 4.99 Å². The summed E-state index contributed by atoms with van der Waals surface area (Å²) in [6.45, 7) is 1.85. The molecule has 1 aromatic carbocycles. The summed E-state index contributed by atoms with van der Waals surface area (Å²) in [4.78, 5) is 0.376. The number of thioether (sulfide) groups is 1. The fourth-order valence-electron chi connectivity index (χ4n) is 1.50. The van der Waals surface area contributed by atoms with Crippen LogP contribution >= 0.6 is 24.0 Å². The van der Waals surface area contributed by atoms with E-state index in [0.29, 0.717) is 5.56 Å². The number of benzene rings is 1. The SMILES string of the molecule is CSCCC(C)NS(=O)(=O)c1cccc(C(N)=S)c1. The number of thiocarbonyl (C=S) groups is 1. The third-order valence-electron chi connectivity index (χ3n) is 2.54. The molecule has 0 aliphatic carbocycles. The minimum absolute atomic E-state index is 0.106. The average Bonchev–Trinajstić information content (AvgIpc) is 2.36. The molecule has 0 aliphatic heterocycles. The first kappa shape index (κ1) is 16.4. The van der Waals surface area contributed by atoms with Gasteiger partial charge in [0.25, 0.3) is 0 Å². The Bertz CT molecular complexity index is 544. The van der Waals surface area contributed by atoms with Gasteiger partial charge in [-0.25, -0.2) is 13.1 Å². The van der Waals surface area contributed by atoms with E-state index < -0.39 is 10.0 Å². The lowest BCUT2D eigenvalue weighted by Crippen LogP contribution is -2.33. The molecule has 0 aromatic heterocycles. The predicted molar refractivity (Wildman–Crippen MR) is 85.1 cm³/mol. The van der Waals surface area contributed by atoms with E-state index in [-0.39, 0.29) is 15.9 Å². The van der Waals surface area contributed by atoms with Crippen LogP contribution in [0.3, 0.4) is 0 Å². The topological polar surface area (TPSA) is 72.2 Å². The normalized spacial score (nSPS) is 13.2. The Balaban J connectivity index is 2.88. The lowest BCUT2D eigenvalue weighted by molar-refractivity contribution is 0.557. The summed E-state index contributed by atoms with van der Waals surface area (Å²) in [5.41, 5.74) is 6.06. The molecule has 106 valence electrons. The van der Waals surface area contributed by atoms with E-state index in [0.717, 1.165) is 12.2 Å². The number of sulfonamides is 1. The summed E-state index contributed by atoms with van der Waals surface area (Å²) in [5.74, 6) is 0.913. The van der Waals surface area contributed by atoms with Crippen LogP contribution in [-0.4, -0.2) is 31.5 Å². The molecule has 0 saturated heterocycles. The summed E-state index contributed by atoms with van der Waals surface area (Å²) in [5, 5.41) is 0. The molecule has 3 N–H and O–H groups in total. The van der Waals surface area contributed by atoms with Gasteiger partial charge in [-0.05, 0) is 37.5 Å². The van der Waals surface area contributed by atoms with Crippen molar-refractivity contribution in [3.8, 4) is 0 Å². The lowest BCUT2D eigenvalue weighted by Gasteiger charge is -2.14. The highest BCUT2D eigenvalue weighted by Gasteiger charge is 2.17. The Kier molecular flexibility index (Phi) is 6.25. The fourth-order valence-corrected chi connectivity index (χ4v) is 3.54. The van der Waals surface area contributed by atoms with E-state index in [9.17, 15) is 8.42 Å². The number of nitrogens with two attached hydrogens (primary N) is 1. The van der Waals surface area contributed by atoms with E-state index in [1.165, 1.54) is 12.1 Å². The summed E-state index contributed by atoms with van der Waals surface area (Å²) < 4.78 is 27.0. The summed E-state index contributed by atoms with van der Waals surface area (Å²) in [6, 6.07) is 6.25. The van der Waals surface area contributed by atoms with E-state index in [1.54, 1.807) is 23.9 Å². The summed E-state index contributed by atoms with van der Waals surface area (Å²) >= 11 is 6.54. The van der Waals surface area contributed by atoms with Gasteiger partial charge in [0.05, 0.1) is 4.90 Å². The van der Waals surface area contributed by atoms with Crippen molar-refractivity contribution in [2.24, 2.45) is 5.73 Å². The van der Waals surface area contributed by atoms with Gasteiger partial charge in [-0.1, -0.05) is 24.4 Å². The van der Waals surface area contributed by atoms with Crippen LogP contribution in [-0.2, 0) is 10.0 Å². The molecule has 1 atom stereocenters. The molecule has 0 aliphatic rings. The Labute approximate surface area is 124 Å². The fraction of sp³-hybridized carbons (Fsp3) is 0.417. The first-order chi connectivity index (χ1) is 8.86. The van der Waals surface area contributed by atoms with Crippen molar-refractivity contribution < 1.29 is 8.42 Å². The molecular formula is C12H18N2O2S3. The van der Waals surface area contributed by atoms with Gasteiger partial charge in [0.15, 0.2) is 0 Å². The van der Waals surface area contributed by atoms with Crippen molar-refractivity contribution in [1.82, 2.24) is 4.72 Å². The van der Waals surface area contributed by atoms with Crippen LogP contribution in [0, 0.1) is 0 Å². The van der Waals surface area contributed by atoms with Gasteiger partial charge in [0, 0.05) is 11.6 Å². The third kappa shape index (κ3) is 5.10. The zero-order valence-corrected chi connectivity index (χ0v) is 13.4. The lowest BCUT2D eigenvalue weighted by atomic mass is 10.2. The smallest absolute Gasteiger partial charge is 0.240 e. The van der Waals surface area contributed by atoms with Crippen LogP contribution in [0.2, 0.25) is 0 Å². The van der Waals surface area contributed by atoms with E-state index in [2.05, 4.69) is 4.72 Å². The van der Waals surface area contributed by atoms with Crippen molar-refractivity contribution in [3.63, 3.8) is 0 Å². The number of nitrogens with one attached hydrogen (secondary N) is 1. The molecule has 0 amide bonds. The number of rotatable bonds is 7. The number of hydrogen-bond acceptors (Lipinski definition) is 4. The molecule has 1 rings (SSSR count). The molecule has 0 spiro atoms. The highest BCUT2D eigenvalue weighted by Crippen LogP contribution is 2.13. The largest absolute Gasteiger partial charge is 0.389 e. The molecule has 0 saturated carbocycles. The quantitative estimate of drug-likeness (QED) is 0.749. The minimum Gasteiger partial charge on any atom is -0.389 e. The monoisotopic (exact) mass is 318 g/mol. The molecule has 0 fully saturated rings. The van der Waals surface area contributed by atoms with Gasteiger partial charge in [0.2, 0.25) is 10.0 Å². The molecule has 0 bridgehead atoms. The van der Waals surface area contributed by atoms with E-state index in [4.69, 9.17) is 18.0 Å². The first-order valence-electron chi connectivity index (χ1n) is 5.78. The first-order valence-corrected chi connectivity index (χ1v) is 9.06. The molecule has 4 nitrogen and oxygen atoms in total. The highest BCUT2D eigenvalue weighted by atomic mass is 32.2. The van der Waals surface area contributed by atoms with Crippen LogP contribution in [0.5, 0.6) is 0 Å². The third-order valence-corrected chi connectivity index (χ3v) is 5.01. The van der Waals surface area contributed by atoms with E-state index in [1.807, 2.05) is 13.2 Å². The minimum atomic E-state index is -3.52. The Hall–Kier alpha value is -0.630. The Morgan fingerprint density at radius 3 is 2.79 bits per heavy atom. The van der Waals surface area contributed by atoms with Crippen LogP contribution < -0.4 is 10.5 Å². The second kappa shape index (κ2) is 7.23. The van der Waals surface area contributed by atoms with Gasteiger partial charge >= 0.3 is 0 Å². The highest BCUT2D eigenvalue weighted by molar-refractivity contribution is 7.98. The second-order valence-corrected chi connectivity index (χ2v) is 7.34. The molecule has 0 radical (unpaired) electrons. The molecule has 0 heterocycles. The second-order valence-electron chi connectivity index (χ2n) is 4.20. The maximum absolute atomic E-state index is 12.2. The summed E-state index contributed by atoms with van der Waals surface area (Å²) in [6.07, 6.45) is 2.78. The molecule has 1 unspecified atom stereocenters. The van der Waals surface area contributed by atoms with Gasteiger partial charge in [-0.3, -0.25) is 0 Å². The van der Waals surface area contributed by atoms with Crippen LogP contribution in [0.1, 0.15) is 18.9 Å². The van der Waals surface area contributed by atoms with Crippen molar-refractivity contribution in [2.75, 3.05) is 12.0 Å². The van der Waals surface area contributed by atoms with Crippen molar-refractivity contribution in [2.45, 2.75) is 24.3 Å². The Morgan fingerprint density at radius 2 is 2.21 bits per heavy atom. The summed E-state index contributed by atoms with van der Waals surface area (Å²) in [7, 11) is -3.52. The van der Waals surface area contributed by atoms with Crippen molar-refractivity contribution in [1.29, 1.82) is 0 Å². The molecule has 19 heavy (non-hydrogen) atoms. The zero-order valence-electron chi connectivity index (χ0n) is 10.9. The average molecular weight is 318 g/mol. The van der Waals surface area contributed by atoms with Gasteiger partial charge in [-0.15, -0.1) is 0 Å². The molecule has 1 aromatic rings. The van der Waals surface area contributed by atoms with Crippen LogP contribution in [0.4, 0.5) is 0 Å². The van der Waals surface area contributed by atoms with Gasteiger partial charge < -0.3 is 5.73 Å². The molecular weight excluding hydrogens is 300 g/mol. The number of hydrogen-bond donors (Lipinski definition) is 2. The maximum Gasteiger partial charge on any atom is 0.240 e. The van der Waals surface area contributed by atoms with Gasteiger partial charge in [-0.2, -0.15) is 11.8 Å². The van der Waals surface area contributed by atoms with Crippen molar-refractivity contribution in [3.05, 3.63) is 29.8 Å². The standard InChI is InChI=1S/C12H18N2O2S3/c1-9(6-7-18-2)14-19(15,16)11-5-3-4-10(8-11)12(13)17/h3-5,8-9,14H,6-7H2,1-2H3,(H2,13,17). The zero-order chi connectivity index (χ0) is 14.5. The van der Waals surface area contributed by atoms with E-state index >= 15 is 0 Å². The van der Waals surface area contributed by atoms with Crippen LogP contribution in [0.15, 0.2) is 29.2 Å². The Morgan fingerprint density at radius 1 is 1.53 bits per heavy atom. The predicted octanol–water partition coefficient (Wildman–Crippen LogP) is 1.74. The van der Waals surface area contributed by atoms with Crippen LogP contribution in [0.25, 0.3) is 0 Å². The maximum atomic E-state index is 12.2. The molecule has 7 heteroatoms.